The molecule has 0 saturated heterocycles. The molecule has 110 valence electrons. The molecule has 0 atom stereocenters. The first-order valence-corrected chi connectivity index (χ1v) is 6.56. The second-order valence-corrected chi connectivity index (χ2v) is 5.03. The molecule has 0 aliphatic heterocycles. The number of nitrogens with two attached hydrogens (primary N) is 1. The van der Waals surface area contributed by atoms with Crippen molar-refractivity contribution < 1.29 is 8.78 Å². The highest BCUT2D eigenvalue weighted by Gasteiger charge is 2.15. The molecular weight excluding hydrogens is 276 g/mol. The Morgan fingerprint density at radius 3 is 2.52 bits per heavy atom. The number of aromatic nitrogens is 4. The number of imidazole rings is 1. The number of aryl methyl sites for hydroxylation is 4. The normalized spacial score (nSPS) is 11.4. The molecule has 0 bridgehead atoms. The summed E-state index contributed by atoms with van der Waals surface area (Å²) in [7, 11) is 1.81. The highest BCUT2D eigenvalue weighted by Crippen LogP contribution is 2.21. The molecule has 0 unspecified atom stereocenters. The van der Waals surface area contributed by atoms with Gasteiger partial charge < -0.3 is 5.73 Å². The minimum atomic E-state index is -0.579. The fourth-order valence-electron chi connectivity index (χ4n) is 2.57. The molecule has 0 saturated carbocycles. The van der Waals surface area contributed by atoms with E-state index < -0.39 is 11.6 Å². The Hall–Kier alpha value is -2.44. The molecule has 21 heavy (non-hydrogen) atoms. The molecule has 0 aliphatic carbocycles. The van der Waals surface area contributed by atoms with Crippen molar-refractivity contribution in [1.82, 2.24) is 19.3 Å². The van der Waals surface area contributed by atoms with Gasteiger partial charge in [-0.1, -0.05) is 0 Å². The van der Waals surface area contributed by atoms with Crippen LogP contribution in [0.5, 0.6) is 0 Å². The van der Waals surface area contributed by atoms with Gasteiger partial charge in [-0.05, 0) is 31.0 Å². The molecule has 7 heteroatoms. The number of hydrogen-bond donors (Lipinski definition) is 1. The van der Waals surface area contributed by atoms with Crippen molar-refractivity contribution in [3.8, 4) is 0 Å². The van der Waals surface area contributed by atoms with Gasteiger partial charge in [-0.2, -0.15) is 5.10 Å². The molecule has 5 nitrogen and oxygen atoms in total. The Morgan fingerprint density at radius 1 is 1.19 bits per heavy atom. The molecule has 2 aromatic heterocycles. The van der Waals surface area contributed by atoms with E-state index in [0.29, 0.717) is 24.5 Å². The van der Waals surface area contributed by atoms with Gasteiger partial charge in [0.1, 0.15) is 17.2 Å². The van der Waals surface area contributed by atoms with Gasteiger partial charge in [-0.15, -0.1) is 0 Å². The van der Waals surface area contributed by atoms with Crippen LogP contribution in [0.3, 0.4) is 0 Å². The van der Waals surface area contributed by atoms with Crippen LogP contribution in [0.4, 0.5) is 14.7 Å². The zero-order valence-electron chi connectivity index (χ0n) is 11.8. The molecular formula is C14H15F2N5. The van der Waals surface area contributed by atoms with Crippen LogP contribution in [0.25, 0.3) is 11.2 Å². The minimum Gasteiger partial charge on any atom is -0.369 e. The smallest absolute Gasteiger partial charge is 0.202 e. The van der Waals surface area contributed by atoms with Crippen LogP contribution in [0, 0.1) is 18.6 Å². The van der Waals surface area contributed by atoms with Gasteiger partial charge in [0.2, 0.25) is 5.95 Å². The number of nitrogens with zero attached hydrogens (tertiary/aromatic N) is 4. The lowest BCUT2D eigenvalue weighted by molar-refractivity contribution is 0.576. The number of fused-ring (bicyclic) bond motifs is 1. The average molecular weight is 291 g/mol. The molecule has 2 heterocycles. The van der Waals surface area contributed by atoms with Gasteiger partial charge >= 0.3 is 0 Å². The van der Waals surface area contributed by atoms with Crippen LogP contribution in [-0.4, -0.2) is 19.3 Å². The Bertz CT molecular complexity index is 798. The molecule has 3 rings (SSSR count). The lowest BCUT2D eigenvalue weighted by atomic mass is 10.1. The maximum absolute atomic E-state index is 13.2. The van der Waals surface area contributed by atoms with Crippen LogP contribution >= 0.6 is 0 Å². The monoisotopic (exact) mass is 291 g/mol. The number of rotatable bonds is 3. The van der Waals surface area contributed by atoms with E-state index in [9.17, 15) is 8.78 Å². The lowest BCUT2D eigenvalue weighted by Gasteiger charge is -2.07. The van der Waals surface area contributed by atoms with Crippen LogP contribution in [-0.2, 0) is 20.0 Å². The Labute approximate surface area is 120 Å². The summed E-state index contributed by atoms with van der Waals surface area (Å²) in [6.07, 6.45) is 0.453. The largest absolute Gasteiger partial charge is 0.369 e. The van der Waals surface area contributed by atoms with E-state index in [1.54, 1.807) is 9.25 Å². The van der Waals surface area contributed by atoms with Crippen molar-refractivity contribution in [3.05, 3.63) is 41.1 Å². The molecule has 0 amide bonds. The Morgan fingerprint density at radius 2 is 1.86 bits per heavy atom. The Kier molecular flexibility index (Phi) is 3.12. The summed E-state index contributed by atoms with van der Waals surface area (Å²) < 4.78 is 29.9. The fourth-order valence-corrected chi connectivity index (χ4v) is 2.57. The zero-order valence-corrected chi connectivity index (χ0v) is 11.8. The van der Waals surface area contributed by atoms with Crippen molar-refractivity contribution in [3.63, 3.8) is 0 Å². The predicted molar refractivity (Wildman–Crippen MR) is 75.7 cm³/mol. The second kappa shape index (κ2) is 4.83. The number of nitrogen functional groups attached to an aromatic ring is 1. The standard InChI is InChI=1S/C14H15F2N5/c1-8-12-13(20(2)19-8)21(14(17)18-12)4-3-9-5-10(15)7-11(16)6-9/h5-7H,3-4H2,1-2H3,(H2,17,18). The highest BCUT2D eigenvalue weighted by atomic mass is 19.1. The molecule has 2 N–H and O–H groups in total. The van der Waals surface area contributed by atoms with E-state index in [0.717, 1.165) is 22.9 Å². The quantitative estimate of drug-likeness (QED) is 0.804. The third kappa shape index (κ3) is 2.35. The third-order valence-electron chi connectivity index (χ3n) is 3.47. The predicted octanol–water partition coefficient (Wildman–Crippen LogP) is 2.18. The average Bonchev–Trinajstić information content (AvgIpc) is 2.84. The van der Waals surface area contributed by atoms with Gasteiger partial charge in [0.15, 0.2) is 5.65 Å². The molecule has 0 fully saturated rings. The summed E-state index contributed by atoms with van der Waals surface area (Å²) >= 11 is 0. The van der Waals surface area contributed by atoms with Gasteiger partial charge in [-0.25, -0.2) is 13.8 Å². The van der Waals surface area contributed by atoms with E-state index in [-0.39, 0.29) is 0 Å². The zero-order chi connectivity index (χ0) is 15.1. The van der Waals surface area contributed by atoms with E-state index in [2.05, 4.69) is 10.1 Å². The first-order chi connectivity index (χ1) is 9.95. The summed E-state index contributed by atoms with van der Waals surface area (Å²) in [5, 5.41) is 4.29. The van der Waals surface area contributed by atoms with Crippen molar-refractivity contribution in [2.45, 2.75) is 19.9 Å². The Balaban J connectivity index is 1.93. The first-order valence-electron chi connectivity index (χ1n) is 6.56. The van der Waals surface area contributed by atoms with Crippen LogP contribution in [0.15, 0.2) is 18.2 Å². The van der Waals surface area contributed by atoms with Gasteiger partial charge in [-0.3, -0.25) is 9.25 Å². The minimum absolute atomic E-state index is 0.373. The van der Waals surface area contributed by atoms with Gasteiger partial charge in [0, 0.05) is 19.7 Å². The number of benzene rings is 1. The van der Waals surface area contributed by atoms with E-state index >= 15 is 0 Å². The second-order valence-electron chi connectivity index (χ2n) is 5.03. The first kappa shape index (κ1) is 13.5. The molecule has 3 aromatic rings. The third-order valence-corrected chi connectivity index (χ3v) is 3.47. The highest BCUT2D eigenvalue weighted by molar-refractivity contribution is 5.77. The van der Waals surface area contributed by atoms with Crippen LogP contribution in [0.2, 0.25) is 0 Å². The number of anilines is 1. The molecule has 0 spiro atoms. The van der Waals surface area contributed by atoms with Gasteiger partial charge in [0.25, 0.3) is 0 Å². The molecule has 0 radical (unpaired) electrons. The summed E-state index contributed by atoms with van der Waals surface area (Å²) in [6.45, 7) is 2.34. The van der Waals surface area contributed by atoms with E-state index in [4.69, 9.17) is 5.73 Å². The number of halogens is 2. The van der Waals surface area contributed by atoms with Crippen LogP contribution in [0.1, 0.15) is 11.3 Å². The van der Waals surface area contributed by atoms with E-state index in [1.165, 1.54) is 12.1 Å². The molecule has 1 aromatic carbocycles. The summed E-state index contributed by atoms with van der Waals surface area (Å²) in [4.78, 5) is 4.29. The topological polar surface area (TPSA) is 61.7 Å². The van der Waals surface area contributed by atoms with Crippen molar-refractivity contribution in [2.24, 2.45) is 7.05 Å². The maximum atomic E-state index is 13.2. The SMILES string of the molecule is Cc1nn(C)c2c1nc(N)n2CCc1cc(F)cc(F)c1. The summed E-state index contributed by atoms with van der Waals surface area (Å²) in [5.41, 5.74) is 8.86. The fraction of sp³-hybridized carbons (Fsp3) is 0.286. The van der Waals surface area contributed by atoms with Crippen molar-refractivity contribution in [1.29, 1.82) is 0 Å². The molecule has 0 aliphatic rings. The number of hydrogen-bond acceptors (Lipinski definition) is 3. The van der Waals surface area contributed by atoms with E-state index in [1.807, 2.05) is 14.0 Å². The summed E-state index contributed by atoms with van der Waals surface area (Å²) in [5.74, 6) is -0.784. The van der Waals surface area contributed by atoms with Crippen LogP contribution < -0.4 is 5.73 Å². The van der Waals surface area contributed by atoms with Gasteiger partial charge in [0.05, 0.1) is 5.69 Å². The maximum Gasteiger partial charge on any atom is 0.202 e. The summed E-state index contributed by atoms with van der Waals surface area (Å²) in [6, 6.07) is 3.50. The lowest BCUT2D eigenvalue weighted by Crippen LogP contribution is -2.09. The van der Waals surface area contributed by atoms with Crippen molar-refractivity contribution >= 4 is 17.1 Å². The van der Waals surface area contributed by atoms with Crippen molar-refractivity contribution in [2.75, 3.05) is 5.73 Å².